The van der Waals surface area contributed by atoms with Crippen LogP contribution in [0.2, 0.25) is 0 Å². The van der Waals surface area contributed by atoms with Gasteiger partial charge >= 0.3 is 0 Å². The van der Waals surface area contributed by atoms with E-state index in [-0.39, 0.29) is 29.1 Å². The summed E-state index contributed by atoms with van der Waals surface area (Å²) < 4.78 is 54.4. The summed E-state index contributed by atoms with van der Waals surface area (Å²) in [6.07, 6.45) is 2.87. The van der Waals surface area contributed by atoms with Crippen molar-refractivity contribution in [3.8, 4) is 11.1 Å². The maximum absolute atomic E-state index is 13.8. The lowest BCUT2D eigenvalue weighted by Crippen LogP contribution is -2.39. The minimum absolute atomic E-state index is 0.0390. The van der Waals surface area contributed by atoms with Gasteiger partial charge < -0.3 is 5.73 Å². The third kappa shape index (κ3) is 4.03. The molecule has 3 aromatic rings. The fourth-order valence-corrected chi connectivity index (χ4v) is 5.26. The van der Waals surface area contributed by atoms with Crippen molar-refractivity contribution < 1.29 is 17.2 Å². The Morgan fingerprint density at radius 2 is 1.83 bits per heavy atom. The van der Waals surface area contributed by atoms with E-state index in [1.165, 1.54) is 28.6 Å². The number of piperidine rings is 1. The molecule has 0 spiro atoms. The molecule has 0 saturated carbocycles. The number of rotatable bonds is 4. The molecule has 1 aromatic heterocycles. The molecule has 0 bridgehead atoms. The third-order valence-electron chi connectivity index (χ3n) is 5.19. The predicted octanol–water partition coefficient (Wildman–Crippen LogP) is 3.57. The lowest BCUT2D eigenvalue weighted by Gasteiger charge is -2.32. The van der Waals surface area contributed by atoms with Gasteiger partial charge in [0.1, 0.15) is 11.6 Å². The Bertz CT molecular complexity index is 1170. The van der Waals surface area contributed by atoms with Crippen molar-refractivity contribution in [2.24, 2.45) is 0 Å². The predicted molar refractivity (Wildman–Crippen MR) is 109 cm³/mol. The molecular formula is C21H20F2N4O2S. The minimum Gasteiger partial charge on any atom is -0.368 e. The van der Waals surface area contributed by atoms with Gasteiger partial charge in [0.25, 0.3) is 0 Å². The molecule has 4 rings (SSSR count). The van der Waals surface area contributed by atoms with Crippen LogP contribution in [0.4, 0.5) is 14.7 Å². The van der Waals surface area contributed by atoms with Crippen LogP contribution in [0.3, 0.4) is 0 Å². The highest BCUT2D eigenvalue weighted by atomic mass is 32.2. The van der Waals surface area contributed by atoms with Crippen LogP contribution in [-0.4, -0.2) is 35.8 Å². The summed E-state index contributed by atoms with van der Waals surface area (Å²) >= 11 is 0. The number of nitrogens with two attached hydrogens (primary N) is 1. The van der Waals surface area contributed by atoms with Gasteiger partial charge in [0.2, 0.25) is 16.0 Å². The quantitative estimate of drug-likeness (QED) is 0.684. The number of sulfonamides is 1. The molecule has 0 amide bonds. The number of nitrogens with zero attached hydrogens (tertiary/aromatic N) is 3. The Morgan fingerprint density at radius 3 is 2.57 bits per heavy atom. The van der Waals surface area contributed by atoms with Crippen LogP contribution in [0, 0.1) is 11.6 Å². The summed E-state index contributed by atoms with van der Waals surface area (Å²) in [6.45, 7) is 0.546. The first-order chi connectivity index (χ1) is 14.3. The maximum atomic E-state index is 13.8. The zero-order valence-electron chi connectivity index (χ0n) is 16.0. The first kappa shape index (κ1) is 20.4. The Labute approximate surface area is 173 Å². The maximum Gasteiger partial charge on any atom is 0.243 e. The molecule has 2 aromatic carbocycles. The minimum atomic E-state index is -3.78. The second kappa shape index (κ2) is 8.08. The average molecular weight is 430 g/mol. The topological polar surface area (TPSA) is 89.2 Å². The number of hydrogen-bond donors (Lipinski definition) is 1. The van der Waals surface area contributed by atoms with Crippen molar-refractivity contribution in [3.63, 3.8) is 0 Å². The highest BCUT2D eigenvalue weighted by Gasteiger charge is 2.32. The Hall–Kier alpha value is -2.91. The summed E-state index contributed by atoms with van der Waals surface area (Å²) in [5.74, 6) is -1.05. The first-order valence-electron chi connectivity index (χ1n) is 9.48. The molecule has 156 valence electrons. The van der Waals surface area contributed by atoms with Crippen molar-refractivity contribution in [2.45, 2.75) is 23.7 Å². The van der Waals surface area contributed by atoms with Crippen LogP contribution in [0.1, 0.15) is 24.5 Å². The van der Waals surface area contributed by atoms with Crippen molar-refractivity contribution in [1.29, 1.82) is 0 Å². The van der Waals surface area contributed by atoms with Gasteiger partial charge in [0.05, 0.1) is 10.6 Å². The standard InChI is InChI=1S/C21H20F2N4O2S/c22-16-6-8-18(9-7-16)30(28,29)27-10-2-4-15(13-27)20-19(12-25-21(24)26-20)14-3-1-5-17(23)11-14/h1,3,5-9,11-12,15H,2,4,10,13H2,(H2,24,25,26)/t15-/m0/s1. The fourth-order valence-electron chi connectivity index (χ4n) is 3.74. The van der Waals surface area contributed by atoms with Gasteiger partial charge in [-0.25, -0.2) is 27.2 Å². The zero-order chi connectivity index (χ0) is 21.3. The van der Waals surface area contributed by atoms with Crippen molar-refractivity contribution in [2.75, 3.05) is 18.8 Å². The molecule has 9 heteroatoms. The van der Waals surface area contributed by atoms with E-state index >= 15 is 0 Å². The summed E-state index contributed by atoms with van der Waals surface area (Å²) in [6, 6.07) is 10.8. The highest BCUT2D eigenvalue weighted by Crippen LogP contribution is 2.35. The number of benzene rings is 2. The van der Waals surface area contributed by atoms with Crippen LogP contribution in [0.5, 0.6) is 0 Å². The molecule has 1 atom stereocenters. The number of aromatic nitrogens is 2. The van der Waals surface area contributed by atoms with Gasteiger partial charge in [0.15, 0.2) is 0 Å². The van der Waals surface area contributed by atoms with Crippen LogP contribution in [0.15, 0.2) is 59.6 Å². The van der Waals surface area contributed by atoms with E-state index in [0.29, 0.717) is 36.2 Å². The van der Waals surface area contributed by atoms with Gasteiger partial charge in [-0.2, -0.15) is 4.31 Å². The summed E-state index contributed by atoms with van der Waals surface area (Å²) in [5, 5.41) is 0. The summed E-state index contributed by atoms with van der Waals surface area (Å²) in [5.41, 5.74) is 7.61. The van der Waals surface area contributed by atoms with E-state index in [0.717, 1.165) is 12.1 Å². The molecule has 1 aliphatic rings. The van der Waals surface area contributed by atoms with Crippen LogP contribution in [-0.2, 0) is 10.0 Å². The van der Waals surface area contributed by atoms with E-state index in [4.69, 9.17) is 5.73 Å². The van der Waals surface area contributed by atoms with E-state index in [1.54, 1.807) is 18.3 Å². The van der Waals surface area contributed by atoms with Crippen molar-refractivity contribution in [1.82, 2.24) is 14.3 Å². The van der Waals surface area contributed by atoms with Crippen LogP contribution in [0.25, 0.3) is 11.1 Å². The summed E-state index contributed by atoms with van der Waals surface area (Å²) in [4.78, 5) is 8.46. The molecule has 2 N–H and O–H groups in total. The second-order valence-electron chi connectivity index (χ2n) is 7.19. The number of nitrogen functional groups attached to an aromatic ring is 1. The van der Waals surface area contributed by atoms with E-state index < -0.39 is 15.8 Å². The normalized spacial score (nSPS) is 17.7. The Balaban J connectivity index is 1.68. The summed E-state index contributed by atoms with van der Waals surface area (Å²) in [7, 11) is -3.78. The number of halogens is 2. The highest BCUT2D eigenvalue weighted by molar-refractivity contribution is 7.89. The smallest absolute Gasteiger partial charge is 0.243 e. The third-order valence-corrected chi connectivity index (χ3v) is 7.07. The fraction of sp³-hybridized carbons (Fsp3) is 0.238. The van der Waals surface area contributed by atoms with E-state index in [2.05, 4.69) is 9.97 Å². The molecule has 1 saturated heterocycles. The van der Waals surface area contributed by atoms with Crippen molar-refractivity contribution >= 4 is 16.0 Å². The van der Waals surface area contributed by atoms with Gasteiger partial charge in [0, 0.05) is 30.8 Å². The first-order valence-corrected chi connectivity index (χ1v) is 10.9. The molecule has 2 heterocycles. The van der Waals surface area contributed by atoms with E-state index in [1.807, 2.05) is 0 Å². The lowest BCUT2D eigenvalue weighted by molar-refractivity contribution is 0.313. The number of anilines is 1. The Morgan fingerprint density at radius 1 is 1.07 bits per heavy atom. The molecule has 6 nitrogen and oxygen atoms in total. The molecule has 0 radical (unpaired) electrons. The van der Waals surface area contributed by atoms with Gasteiger partial charge in [-0.3, -0.25) is 0 Å². The van der Waals surface area contributed by atoms with Crippen molar-refractivity contribution in [3.05, 3.63) is 72.1 Å². The van der Waals surface area contributed by atoms with E-state index in [9.17, 15) is 17.2 Å². The molecule has 1 aliphatic heterocycles. The average Bonchev–Trinajstić information content (AvgIpc) is 2.74. The number of hydrogen-bond acceptors (Lipinski definition) is 5. The molecule has 1 fully saturated rings. The van der Waals surface area contributed by atoms with Gasteiger partial charge in [-0.15, -0.1) is 0 Å². The van der Waals surface area contributed by atoms with Gasteiger partial charge in [-0.05, 0) is 54.8 Å². The lowest BCUT2D eigenvalue weighted by atomic mass is 9.91. The Kier molecular flexibility index (Phi) is 5.48. The largest absolute Gasteiger partial charge is 0.368 e. The zero-order valence-corrected chi connectivity index (χ0v) is 16.8. The molecular weight excluding hydrogens is 410 g/mol. The molecule has 0 aliphatic carbocycles. The van der Waals surface area contributed by atoms with Gasteiger partial charge in [-0.1, -0.05) is 12.1 Å². The monoisotopic (exact) mass is 430 g/mol. The molecule has 0 unspecified atom stereocenters. The van der Waals surface area contributed by atoms with Crippen LogP contribution < -0.4 is 5.73 Å². The second-order valence-corrected chi connectivity index (χ2v) is 9.13. The molecule has 30 heavy (non-hydrogen) atoms. The van der Waals surface area contributed by atoms with Crippen LogP contribution >= 0.6 is 0 Å². The SMILES string of the molecule is Nc1ncc(-c2cccc(F)c2)c([C@H]2CCCN(S(=O)(=O)c3ccc(F)cc3)C2)n1.